The maximum absolute atomic E-state index is 11.5. The van der Waals surface area contributed by atoms with Gasteiger partial charge in [0, 0.05) is 56.5 Å². The highest BCUT2D eigenvalue weighted by Gasteiger charge is 2.29. The van der Waals surface area contributed by atoms with Gasteiger partial charge in [0.1, 0.15) is 6.33 Å². The molecule has 3 heterocycles. The minimum Gasteiger partial charge on any atom is -0.380 e. The zero-order valence-corrected chi connectivity index (χ0v) is 14.8. The van der Waals surface area contributed by atoms with Crippen LogP contribution in [0.2, 0.25) is 0 Å². The van der Waals surface area contributed by atoms with Crippen molar-refractivity contribution in [2.75, 3.05) is 39.4 Å². The molecule has 0 unspecified atom stereocenters. The van der Waals surface area contributed by atoms with E-state index in [1.807, 2.05) is 11.8 Å². The van der Waals surface area contributed by atoms with E-state index in [1.54, 1.807) is 13.3 Å². The van der Waals surface area contributed by atoms with Crippen LogP contribution in [0.25, 0.3) is 0 Å². The van der Waals surface area contributed by atoms with Gasteiger partial charge in [0.25, 0.3) is 0 Å². The number of likely N-dealkylation sites (tertiary alicyclic amines) is 1. The van der Waals surface area contributed by atoms with Crippen molar-refractivity contribution in [1.29, 1.82) is 0 Å². The van der Waals surface area contributed by atoms with Gasteiger partial charge in [-0.3, -0.25) is 9.69 Å². The Morgan fingerprint density at radius 2 is 2.08 bits per heavy atom. The van der Waals surface area contributed by atoms with Crippen LogP contribution >= 0.6 is 0 Å². The van der Waals surface area contributed by atoms with E-state index < -0.39 is 0 Å². The van der Waals surface area contributed by atoms with Crippen LogP contribution in [-0.4, -0.2) is 71.1 Å². The Hall–Kier alpha value is -1.53. The molecule has 0 saturated carbocycles. The molecule has 1 aromatic heterocycles. The lowest BCUT2D eigenvalue weighted by molar-refractivity contribution is -0.130. The minimum atomic E-state index is 0.199. The maximum atomic E-state index is 11.5. The van der Waals surface area contributed by atoms with Crippen molar-refractivity contribution >= 4 is 5.91 Å². The topological polar surface area (TPSA) is 58.6 Å². The average Bonchev–Trinajstić information content (AvgIpc) is 2.80. The van der Waals surface area contributed by atoms with E-state index in [0.29, 0.717) is 12.0 Å². The van der Waals surface area contributed by atoms with E-state index in [-0.39, 0.29) is 5.91 Å². The molecule has 1 atom stereocenters. The minimum absolute atomic E-state index is 0.199. The first-order valence-electron chi connectivity index (χ1n) is 8.96. The summed E-state index contributed by atoms with van der Waals surface area (Å²) in [4.78, 5) is 24.6. The normalized spacial score (nSPS) is 23.9. The summed E-state index contributed by atoms with van der Waals surface area (Å²) in [6.45, 7) is 9.07. The molecule has 0 N–H and O–H groups in total. The number of rotatable bonds is 3. The van der Waals surface area contributed by atoms with E-state index in [0.717, 1.165) is 70.0 Å². The fraction of sp³-hybridized carbons (Fsp3) is 0.722. The number of hydrogen-bond donors (Lipinski definition) is 0. The first-order valence-corrected chi connectivity index (χ1v) is 8.96. The molecule has 6 nitrogen and oxygen atoms in total. The summed E-state index contributed by atoms with van der Waals surface area (Å²) < 4.78 is 5.84. The van der Waals surface area contributed by atoms with Gasteiger partial charge in [0.2, 0.25) is 5.91 Å². The van der Waals surface area contributed by atoms with Crippen LogP contribution in [-0.2, 0) is 16.0 Å². The number of piperidine rings is 1. The third kappa shape index (κ3) is 4.51. The molecular weight excluding hydrogens is 304 g/mol. The van der Waals surface area contributed by atoms with E-state index in [1.165, 1.54) is 0 Å². The molecule has 132 valence electrons. The lowest BCUT2D eigenvalue weighted by Gasteiger charge is -2.38. The Balaban J connectivity index is 1.58. The highest BCUT2D eigenvalue weighted by atomic mass is 16.5. The van der Waals surface area contributed by atoms with Gasteiger partial charge < -0.3 is 9.64 Å². The second kappa shape index (κ2) is 8.03. The molecule has 0 radical (unpaired) electrons. The van der Waals surface area contributed by atoms with Gasteiger partial charge in [-0.1, -0.05) is 0 Å². The van der Waals surface area contributed by atoms with Crippen molar-refractivity contribution < 1.29 is 9.53 Å². The van der Waals surface area contributed by atoms with Crippen molar-refractivity contribution in [2.24, 2.45) is 5.92 Å². The highest BCUT2D eigenvalue weighted by Crippen LogP contribution is 2.21. The number of aryl methyl sites for hydroxylation is 1. The summed E-state index contributed by atoms with van der Waals surface area (Å²) in [7, 11) is 0. The molecule has 1 amide bonds. The van der Waals surface area contributed by atoms with Crippen molar-refractivity contribution in [3.05, 3.63) is 23.8 Å². The predicted molar refractivity (Wildman–Crippen MR) is 91.6 cm³/mol. The summed E-state index contributed by atoms with van der Waals surface area (Å²) in [5.41, 5.74) is 2.12. The fourth-order valence-electron chi connectivity index (χ4n) is 3.83. The molecule has 2 saturated heterocycles. The maximum Gasteiger partial charge on any atom is 0.219 e. The third-order valence-electron chi connectivity index (χ3n) is 5.15. The van der Waals surface area contributed by atoms with Crippen LogP contribution in [0.4, 0.5) is 0 Å². The van der Waals surface area contributed by atoms with Gasteiger partial charge in [-0.25, -0.2) is 9.97 Å². The number of hydrogen-bond acceptors (Lipinski definition) is 5. The monoisotopic (exact) mass is 332 g/mol. The number of ether oxygens (including phenoxy) is 1. The van der Waals surface area contributed by atoms with Crippen LogP contribution in [0, 0.1) is 12.8 Å². The standard InChI is InChI=1S/C18H28N4O2/c1-14-9-17(20-13-19-14)10-16-11-22(7-8-24-12-16)18-3-5-21(6-4-18)15(2)23/h9,13,16,18H,3-8,10-12H2,1-2H3/t16-/m0/s1. The molecule has 1 aromatic rings. The number of amides is 1. The molecular formula is C18H28N4O2. The largest absolute Gasteiger partial charge is 0.380 e. The first-order chi connectivity index (χ1) is 11.6. The van der Waals surface area contributed by atoms with E-state index >= 15 is 0 Å². The number of nitrogens with zero attached hydrogens (tertiary/aromatic N) is 4. The smallest absolute Gasteiger partial charge is 0.219 e. The zero-order chi connectivity index (χ0) is 16.9. The molecule has 3 rings (SSSR count). The molecule has 0 aromatic carbocycles. The molecule has 6 heteroatoms. The van der Waals surface area contributed by atoms with Crippen molar-refractivity contribution in [3.8, 4) is 0 Å². The first kappa shape index (κ1) is 17.3. The second-order valence-corrected chi connectivity index (χ2v) is 7.03. The fourth-order valence-corrected chi connectivity index (χ4v) is 3.83. The Labute approximate surface area is 144 Å². The molecule has 0 bridgehead atoms. The third-order valence-corrected chi connectivity index (χ3v) is 5.15. The molecule has 24 heavy (non-hydrogen) atoms. The molecule has 0 aliphatic carbocycles. The average molecular weight is 332 g/mol. The number of carbonyl (C=O) groups excluding carboxylic acids is 1. The van der Waals surface area contributed by atoms with Gasteiger partial charge in [0.15, 0.2) is 0 Å². The summed E-state index contributed by atoms with van der Waals surface area (Å²) >= 11 is 0. The van der Waals surface area contributed by atoms with Crippen LogP contribution in [0.3, 0.4) is 0 Å². The summed E-state index contributed by atoms with van der Waals surface area (Å²) in [6, 6.07) is 2.64. The summed E-state index contributed by atoms with van der Waals surface area (Å²) in [6.07, 6.45) is 4.72. The molecule has 2 aliphatic rings. The van der Waals surface area contributed by atoms with Gasteiger partial charge >= 0.3 is 0 Å². The lowest BCUT2D eigenvalue weighted by Crippen LogP contribution is -2.47. The van der Waals surface area contributed by atoms with Gasteiger partial charge in [0.05, 0.1) is 13.2 Å². The predicted octanol–water partition coefficient (Wildman–Crippen LogP) is 1.29. The molecule has 0 spiro atoms. The van der Waals surface area contributed by atoms with Crippen molar-refractivity contribution in [2.45, 2.75) is 39.2 Å². The molecule has 2 aliphatic heterocycles. The highest BCUT2D eigenvalue weighted by molar-refractivity contribution is 5.73. The Morgan fingerprint density at radius 1 is 1.29 bits per heavy atom. The number of carbonyl (C=O) groups is 1. The van der Waals surface area contributed by atoms with Crippen LogP contribution in [0.5, 0.6) is 0 Å². The van der Waals surface area contributed by atoms with E-state index in [9.17, 15) is 4.79 Å². The van der Waals surface area contributed by atoms with Gasteiger partial charge in [-0.15, -0.1) is 0 Å². The van der Waals surface area contributed by atoms with E-state index in [2.05, 4.69) is 20.9 Å². The van der Waals surface area contributed by atoms with Crippen LogP contribution < -0.4 is 0 Å². The quantitative estimate of drug-likeness (QED) is 0.835. The van der Waals surface area contributed by atoms with Crippen LogP contribution in [0.15, 0.2) is 12.4 Å². The van der Waals surface area contributed by atoms with E-state index in [4.69, 9.17) is 4.74 Å². The van der Waals surface area contributed by atoms with Gasteiger partial charge in [-0.2, -0.15) is 0 Å². The molecule has 2 fully saturated rings. The Kier molecular flexibility index (Phi) is 5.79. The zero-order valence-electron chi connectivity index (χ0n) is 14.8. The second-order valence-electron chi connectivity index (χ2n) is 7.03. The lowest BCUT2D eigenvalue weighted by atomic mass is 9.99. The van der Waals surface area contributed by atoms with Crippen molar-refractivity contribution in [1.82, 2.24) is 19.8 Å². The SMILES string of the molecule is CC(=O)N1CCC(N2CCOC[C@@H](Cc3cc(C)ncn3)C2)CC1. The van der Waals surface area contributed by atoms with Gasteiger partial charge in [-0.05, 0) is 32.3 Å². The van der Waals surface area contributed by atoms with Crippen LogP contribution in [0.1, 0.15) is 31.2 Å². The Bertz CT molecular complexity index is 558. The van der Waals surface area contributed by atoms with Crippen molar-refractivity contribution in [3.63, 3.8) is 0 Å². The number of aromatic nitrogens is 2. The Morgan fingerprint density at radius 3 is 2.79 bits per heavy atom. The summed E-state index contributed by atoms with van der Waals surface area (Å²) in [5.74, 6) is 0.664. The summed E-state index contributed by atoms with van der Waals surface area (Å²) in [5, 5.41) is 0.